The van der Waals surface area contributed by atoms with Gasteiger partial charge in [0.05, 0.1) is 11.7 Å². The van der Waals surface area contributed by atoms with Crippen molar-refractivity contribution in [3.8, 4) is 5.75 Å². The third-order valence-corrected chi connectivity index (χ3v) is 6.12. The molecule has 1 atom stereocenters. The average Bonchev–Trinajstić information content (AvgIpc) is 3.25. The number of para-hydroxylation sites is 3. The smallest absolute Gasteiger partial charge is 0.186 e. The molecule has 31 heavy (non-hydrogen) atoms. The topological polar surface area (TPSA) is 59.6 Å². The fraction of sp³-hybridized carbons (Fsp3) is 0.192. The van der Waals surface area contributed by atoms with Crippen molar-refractivity contribution in [1.82, 2.24) is 9.88 Å². The van der Waals surface area contributed by atoms with Crippen molar-refractivity contribution >= 4 is 22.4 Å². The first kappa shape index (κ1) is 19.4. The molecule has 4 aromatic rings. The third-order valence-electron chi connectivity index (χ3n) is 6.12. The Morgan fingerprint density at radius 2 is 1.52 bits per heavy atom. The van der Waals surface area contributed by atoms with E-state index in [9.17, 15) is 9.90 Å². The Labute approximate surface area is 181 Å². The second kappa shape index (κ2) is 8.28. The van der Waals surface area contributed by atoms with Gasteiger partial charge < -0.3 is 15.0 Å². The van der Waals surface area contributed by atoms with Crippen molar-refractivity contribution in [2.24, 2.45) is 0 Å². The number of benzene rings is 3. The SMILES string of the molecule is O=C(c1c[nH]c2ccccc12)[C@H](c1ccccc1)N1CCN(c2ccccc2O)CC1. The van der Waals surface area contributed by atoms with E-state index >= 15 is 0 Å². The molecular formula is C26H25N3O2. The molecule has 1 fully saturated rings. The van der Waals surface area contributed by atoms with Crippen LogP contribution in [0.15, 0.2) is 85.1 Å². The lowest BCUT2D eigenvalue weighted by atomic mass is 9.95. The Morgan fingerprint density at radius 1 is 0.839 bits per heavy atom. The fourth-order valence-electron chi connectivity index (χ4n) is 4.54. The van der Waals surface area contributed by atoms with Crippen LogP contribution in [0.25, 0.3) is 10.9 Å². The molecule has 1 aliphatic heterocycles. The van der Waals surface area contributed by atoms with Gasteiger partial charge in [-0.15, -0.1) is 0 Å². The minimum atomic E-state index is -0.341. The first-order chi connectivity index (χ1) is 15.2. The molecule has 1 aliphatic rings. The zero-order valence-corrected chi connectivity index (χ0v) is 17.2. The second-order valence-corrected chi connectivity index (χ2v) is 7.94. The molecule has 1 aromatic heterocycles. The van der Waals surface area contributed by atoms with Crippen LogP contribution in [0.4, 0.5) is 5.69 Å². The molecule has 0 saturated carbocycles. The van der Waals surface area contributed by atoms with Gasteiger partial charge in [0, 0.05) is 48.8 Å². The van der Waals surface area contributed by atoms with Crippen molar-refractivity contribution in [2.45, 2.75) is 6.04 Å². The van der Waals surface area contributed by atoms with E-state index in [2.05, 4.69) is 14.8 Å². The van der Waals surface area contributed by atoms with E-state index < -0.39 is 0 Å². The van der Waals surface area contributed by atoms with Crippen LogP contribution in [-0.4, -0.2) is 47.0 Å². The van der Waals surface area contributed by atoms with Gasteiger partial charge in [0.2, 0.25) is 0 Å². The van der Waals surface area contributed by atoms with E-state index in [-0.39, 0.29) is 11.8 Å². The highest BCUT2D eigenvalue weighted by atomic mass is 16.3. The molecule has 2 N–H and O–H groups in total. The summed E-state index contributed by atoms with van der Waals surface area (Å²) in [6.45, 7) is 2.98. The van der Waals surface area contributed by atoms with Crippen LogP contribution in [0.3, 0.4) is 0 Å². The molecule has 0 aliphatic carbocycles. The number of H-pyrrole nitrogens is 1. The number of aromatic nitrogens is 1. The Morgan fingerprint density at radius 3 is 2.29 bits per heavy atom. The molecule has 3 aromatic carbocycles. The van der Waals surface area contributed by atoms with Crippen molar-refractivity contribution in [2.75, 3.05) is 31.1 Å². The maximum atomic E-state index is 13.8. The number of nitrogens with one attached hydrogen (secondary N) is 1. The van der Waals surface area contributed by atoms with Gasteiger partial charge in [-0.05, 0) is 23.8 Å². The number of Topliss-reactive ketones (excluding diaryl/α,β-unsaturated/α-hetero) is 1. The fourth-order valence-corrected chi connectivity index (χ4v) is 4.54. The Kier molecular flexibility index (Phi) is 5.18. The van der Waals surface area contributed by atoms with Crippen LogP contribution in [0.5, 0.6) is 5.75 Å². The first-order valence-electron chi connectivity index (χ1n) is 10.6. The number of aromatic amines is 1. The molecule has 5 heteroatoms. The zero-order chi connectivity index (χ0) is 21.2. The van der Waals surface area contributed by atoms with E-state index in [4.69, 9.17) is 0 Å². The summed E-state index contributed by atoms with van der Waals surface area (Å²) < 4.78 is 0. The number of rotatable bonds is 5. The van der Waals surface area contributed by atoms with Gasteiger partial charge in [-0.3, -0.25) is 9.69 Å². The highest BCUT2D eigenvalue weighted by Crippen LogP contribution is 2.32. The normalized spacial score (nSPS) is 15.8. The summed E-state index contributed by atoms with van der Waals surface area (Å²) in [5.74, 6) is 0.407. The van der Waals surface area contributed by atoms with Crippen molar-refractivity contribution < 1.29 is 9.90 Å². The Bertz CT molecular complexity index is 1190. The number of anilines is 1. The van der Waals surface area contributed by atoms with Crippen LogP contribution >= 0.6 is 0 Å². The minimum absolute atomic E-state index is 0.111. The molecule has 0 amide bonds. The molecular weight excluding hydrogens is 386 g/mol. The monoisotopic (exact) mass is 411 g/mol. The number of fused-ring (bicyclic) bond motifs is 1. The number of phenols is 1. The maximum Gasteiger partial charge on any atom is 0.186 e. The Hall–Kier alpha value is -3.57. The number of aromatic hydroxyl groups is 1. The van der Waals surface area contributed by atoms with Gasteiger partial charge in [0.1, 0.15) is 5.75 Å². The van der Waals surface area contributed by atoms with Gasteiger partial charge in [0.25, 0.3) is 0 Å². The van der Waals surface area contributed by atoms with Crippen LogP contribution in [-0.2, 0) is 0 Å². The number of hydrogen-bond donors (Lipinski definition) is 2. The molecule has 0 radical (unpaired) electrons. The van der Waals surface area contributed by atoms with Crippen LogP contribution in [0, 0.1) is 0 Å². The molecule has 1 saturated heterocycles. The number of carbonyl (C=O) groups excluding carboxylic acids is 1. The van der Waals surface area contributed by atoms with Crippen LogP contribution < -0.4 is 4.90 Å². The first-order valence-corrected chi connectivity index (χ1v) is 10.6. The summed E-state index contributed by atoms with van der Waals surface area (Å²) in [5, 5.41) is 11.2. The summed E-state index contributed by atoms with van der Waals surface area (Å²) in [5.41, 5.74) is 3.56. The highest BCUT2D eigenvalue weighted by molar-refractivity contribution is 6.10. The molecule has 2 heterocycles. The molecule has 0 unspecified atom stereocenters. The number of nitrogens with zero attached hydrogens (tertiary/aromatic N) is 2. The molecule has 0 spiro atoms. The van der Waals surface area contributed by atoms with Gasteiger partial charge in [0.15, 0.2) is 5.78 Å². The van der Waals surface area contributed by atoms with Gasteiger partial charge in [-0.2, -0.15) is 0 Å². The van der Waals surface area contributed by atoms with Crippen LogP contribution in [0.1, 0.15) is 22.0 Å². The van der Waals surface area contributed by atoms with E-state index in [1.165, 1.54) is 0 Å². The summed E-state index contributed by atoms with van der Waals surface area (Å²) in [4.78, 5) is 21.5. The van der Waals surface area contributed by atoms with E-state index in [0.29, 0.717) is 5.75 Å². The van der Waals surface area contributed by atoms with E-state index in [1.54, 1.807) is 6.07 Å². The van der Waals surface area contributed by atoms with Crippen molar-refractivity contribution in [3.63, 3.8) is 0 Å². The molecule has 5 rings (SSSR count). The Balaban J connectivity index is 1.44. The van der Waals surface area contributed by atoms with Gasteiger partial charge in [-0.1, -0.05) is 60.7 Å². The zero-order valence-electron chi connectivity index (χ0n) is 17.2. The lowest BCUT2D eigenvalue weighted by Gasteiger charge is -2.40. The average molecular weight is 412 g/mol. The number of piperazine rings is 1. The third kappa shape index (κ3) is 3.68. The number of carbonyl (C=O) groups is 1. The lowest BCUT2D eigenvalue weighted by molar-refractivity contribution is 0.0808. The lowest BCUT2D eigenvalue weighted by Crippen LogP contribution is -2.49. The summed E-state index contributed by atoms with van der Waals surface area (Å²) in [6.07, 6.45) is 1.83. The summed E-state index contributed by atoms with van der Waals surface area (Å²) in [6, 6.07) is 25.0. The predicted molar refractivity (Wildman–Crippen MR) is 124 cm³/mol. The van der Waals surface area contributed by atoms with Crippen LogP contribution in [0.2, 0.25) is 0 Å². The number of ketones is 1. The second-order valence-electron chi connectivity index (χ2n) is 7.94. The number of hydrogen-bond acceptors (Lipinski definition) is 4. The summed E-state index contributed by atoms with van der Waals surface area (Å²) >= 11 is 0. The minimum Gasteiger partial charge on any atom is -0.506 e. The molecule has 156 valence electrons. The molecule has 0 bridgehead atoms. The maximum absolute atomic E-state index is 13.8. The van der Waals surface area contributed by atoms with Gasteiger partial charge in [-0.25, -0.2) is 0 Å². The predicted octanol–water partition coefficient (Wildman–Crippen LogP) is 4.62. The largest absolute Gasteiger partial charge is 0.506 e. The van der Waals surface area contributed by atoms with Gasteiger partial charge >= 0.3 is 0 Å². The van der Waals surface area contributed by atoms with E-state index in [0.717, 1.165) is 53.9 Å². The number of phenolic OH excluding ortho intramolecular Hbond substituents is 1. The van der Waals surface area contributed by atoms with Crippen molar-refractivity contribution in [3.05, 3.63) is 96.2 Å². The standard InChI is InChI=1S/C26H25N3O2/c30-24-13-7-6-12-23(24)28-14-16-29(17-15-28)25(19-8-2-1-3-9-19)26(31)21-18-27-22-11-5-4-10-20(21)22/h1-13,18,25,27,30H,14-17H2/t25-/m0/s1. The summed E-state index contributed by atoms with van der Waals surface area (Å²) in [7, 11) is 0. The highest BCUT2D eigenvalue weighted by Gasteiger charge is 2.32. The quantitative estimate of drug-likeness (QED) is 0.471. The van der Waals surface area contributed by atoms with Crippen molar-refractivity contribution in [1.29, 1.82) is 0 Å². The molecule has 5 nitrogen and oxygen atoms in total. The van der Waals surface area contributed by atoms with E-state index in [1.807, 2.05) is 79.0 Å².